The highest BCUT2D eigenvalue weighted by molar-refractivity contribution is 5.14. The monoisotopic (exact) mass is 260 g/mol. The fourth-order valence-corrected chi connectivity index (χ4v) is 2.82. The zero-order valence-corrected chi connectivity index (χ0v) is 12.4. The Hall–Kier alpha value is -0.860. The third kappa shape index (κ3) is 4.63. The number of nitrogens with one attached hydrogen (secondary N) is 1. The maximum Gasteiger partial charge on any atom is 0.0220 e. The van der Waals surface area contributed by atoms with Crippen molar-refractivity contribution in [3.63, 3.8) is 0 Å². The van der Waals surface area contributed by atoms with Crippen LogP contribution in [0.4, 0.5) is 0 Å². The van der Waals surface area contributed by atoms with Crippen molar-refractivity contribution in [3.8, 4) is 0 Å². The van der Waals surface area contributed by atoms with Gasteiger partial charge in [0.1, 0.15) is 0 Å². The van der Waals surface area contributed by atoms with Crippen LogP contribution in [0.5, 0.6) is 0 Å². The van der Waals surface area contributed by atoms with Gasteiger partial charge in [-0.15, -0.1) is 0 Å². The average Bonchev–Trinajstić information content (AvgIpc) is 2.71. The molecule has 2 nitrogen and oxygen atoms in total. The van der Waals surface area contributed by atoms with Crippen molar-refractivity contribution in [1.29, 1.82) is 0 Å². The molecule has 2 rings (SSSR count). The van der Waals surface area contributed by atoms with Gasteiger partial charge in [0, 0.05) is 19.1 Å². The lowest BCUT2D eigenvalue weighted by molar-refractivity contribution is 0.240. The minimum Gasteiger partial charge on any atom is -0.312 e. The summed E-state index contributed by atoms with van der Waals surface area (Å²) >= 11 is 0. The van der Waals surface area contributed by atoms with Gasteiger partial charge in [-0.05, 0) is 37.4 Å². The van der Waals surface area contributed by atoms with Gasteiger partial charge in [-0.2, -0.15) is 0 Å². The molecule has 1 N–H and O–H groups in total. The molecule has 1 aliphatic heterocycles. The predicted octanol–water partition coefficient (Wildman–Crippen LogP) is 2.94. The standard InChI is InChI=1S/C17H28N2/c1-3-15(2)17-14-19(12-7-11-18-17)13-10-16-8-5-4-6-9-16/h4-6,8-9,15,17-18H,3,7,10-14H2,1-2H3. The van der Waals surface area contributed by atoms with Crippen molar-refractivity contribution in [2.75, 3.05) is 26.2 Å². The fourth-order valence-electron chi connectivity index (χ4n) is 2.82. The normalized spacial score (nSPS) is 22.9. The highest BCUT2D eigenvalue weighted by Crippen LogP contribution is 2.13. The van der Waals surface area contributed by atoms with E-state index in [1.807, 2.05) is 0 Å². The van der Waals surface area contributed by atoms with E-state index >= 15 is 0 Å². The first kappa shape index (κ1) is 14.5. The van der Waals surface area contributed by atoms with Crippen LogP contribution in [0.3, 0.4) is 0 Å². The Morgan fingerprint density at radius 2 is 2.11 bits per heavy atom. The predicted molar refractivity (Wildman–Crippen MR) is 82.4 cm³/mol. The second kappa shape index (κ2) is 7.66. The number of hydrogen-bond donors (Lipinski definition) is 1. The highest BCUT2D eigenvalue weighted by atomic mass is 15.2. The van der Waals surface area contributed by atoms with Crippen LogP contribution in [0.1, 0.15) is 32.3 Å². The molecule has 2 heteroatoms. The van der Waals surface area contributed by atoms with Gasteiger partial charge in [-0.1, -0.05) is 50.6 Å². The van der Waals surface area contributed by atoms with Crippen molar-refractivity contribution in [3.05, 3.63) is 35.9 Å². The summed E-state index contributed by atoms with van der Waals surface area (Å²) in [5.74, 6) is 0.775. The van der Waals surface area contributed by atoms with Crippen LogP contribution in [-0.2, 0) is 6.42 Å². The third-order valence-electron chi connectivity index (χ3n) is 4.40. The van der Waals surface area contributed by atoms with Gasteiger partial charge in [0.15, 0.2) is 0 Å². The van der Waals surface area contributed by atoms with Crippen LogP contribution in [0, 0.1) is 5.92 Å². The SMILES string of the molecule is CCC(C)C1CN(CCc2ccccc2)CCCN1. The van der Waals surface area contributed by atoms with Gasteiger partial charge in [0.25, 0.3) is 0 Å². The molecule has 19 heavy (non-hydrogen) atoms. The lowest BCUT2D eigenvalue weighted by Crippen LogP contribution is -2.42. The zero-order valence-electron chi connectivity index (χ0n) is 12.4. The topological polar surface area (TPSA) is 15.3 Å². The molecule has 106 valence electrons. The molecule has 2 unspecified atom stereocenters. The second-order valence-electron chi connectivity index (χ2n) is 5.84. The summed E-state index contributed by atoms with van der Waals surface area (Å²) in [5.41, 5.74) is 1.46. The minimum absolute atomic E-state index is 0.670. The number of hydrogen-bond acceptors (Lipinski definition) is 2. The van der Waals surface area contributed by atoms with Crippen LogP contribution in [0.2, 0.25) is 0 Å². The Morgan fingerprint density at radius 3 is 2.84 bits per heavy atom. The smallest absolute Gasteiger partial charge is 0.0220 e. The van der Waals surface area contributed by atoms with Crippen molar-refractivity contribution >= 4 is 0 Å². The van der Waals surface area contributed by atoms with E-state index in [0.29, 0.717) is 6.04 Å². The molecular formula is C17H28N2. The molecule has 2 atom stereocenters. The number of benzene rings is 1. The Bertz CT molecular complexity index is 350. The Balaban J connectivity index is 1.84. The summed E-state index contributed by atoms with van der Waals surface area (Å²) in [6, 6.07) is 11.5. The lowest BCUT2D eigenvalue weighted by Gasteiger charge is -2.28. The zero-order chi connectivity index (χ0) is 13.5. The van der Waals surface area contributed by atoms with Crippen LogP contribution in [-0.4, -0.2) is 37.1 Å². The molecule has 1 saturated heterocycles. The Kier molecular flexibility index (Phi) is 5.87. The number of rotatable bonds is 5. The largest absolute Gasteiger partial charge is 0.312 e. The maximum absolute atomic E-state index is 3.72. The molecule has 1 heterocycles. The van der Waals surface area contributed by atoms with E-state index in [9.17, 15) is 0 Å². The maximum atomic E-state index is 3.72. The summed E-state index contributed by atoms with van der Waals surface area (Å²) in [7, 11) is 0. The van der Waals surface area contributed by atoms with E-state index in [4.69, 9.17) is 0 Å². The molecule has 0 aromatic heterocycles. The molecule has 1 aromatic carbocycles. The Morgan fingerprint density at radius 1 is 1.32 bits per heavy atom. The molecule has 1 aliphatic rings. The quantitative estimate of drug-likeness (QED) is 0.875. The van der Waals surface area contributed by atoms with Crippen LogP contribution < -0.4 is 5.32 Å². The van der Waals surface area contributed by atoms with Crippen molar-refractivity contribution in [2.45, 2.75) is 39.2 Å². The average molecular weight is 260 g/mol. The Labute approximate surface area is 118 Å². The molecule has 0 aliphatic carbocycles. The molecular weight excluding hydrogens is 232 g/mol. The van der Waals surface area contributed by atoms with E-state index in [2.05, 4.69) is 54.4 Å². The third-order valence-corrected chi connectivity index (χ3v) is 4.40. The first-order chi connectivity index (χ1) is 9.29. The van der Waals surface area contributed by atoms with E-state index in [0.717, 1.165) is 5.92 Å². The summed E-state index contributed by atoms with van der Waals surface area (Å²) in [6.45, 7) is 9.49. The summed E-state index contributed by atoms with van der Waals surface area (Å²) < 4.78 is 0. The summed E-state index contributed by atoms with van der Waals surface area (Å²) in [6.07, 6.45) is 3.72. The van der Waals surface area contributed by atoms with Gasteiger partial charge < -0.3 is 10.2 Å². The summed E-state index contributed by atoms with van der Waals surface area (Å²) in [5, 5.41) is 3.72. The van der Waals surface area contributed by atoms with Crippen LogP contribution in [0.15, 0.2) is 30.3 Å². The molecule has 0 amide bonds. The van der Waals surface area contributed by atoms with Gasteiger partial charge >= 0.3 is 0 Å². The summed E-state index contributed by atoms with van der Waals surface area (Å²) in [4.78, 5) is 2.64. The molecule has 1 fully saturated rings. The highest BCUT2D eigenvalue weighted by Gasteiger charge is 2.21. The second-order valence-corrected chi connectivity index (χ2v) is 5.84. The number of nitrogens with zero attached hydrogens (tertiary/aromatic N) is 1. The molecule has 0 saturated carbocycles. The van der Waals surface area contributed by atoms with Crippen LogP contribution in [0.25, 0.3) is 0 Å². The first-order valence-corrected chi connectivity index (χ1v) is 7.79. The molecule has 0 radical (unpaired) electrons. The van der Waals surface area contributed by atoms with Crippen molar-refractivity contribution in [1.82, 2.24) is 10.2 Å². The molecule has 0 spiro atoms. The fraction of sp³-hybridized carbons (Fsp3) is 0.647. The van der Waals surface area contributed by atoms with Gasteiger partial charge in [0.05, 0.1) is 0 Å². The van der Waals surface area contributed by atoms with Crippen molar-refractivity contribution < 1.29 is 0 Å². The van der Waals surface area contributed by atoms with Gasteiger partial charge in [-0.3, -0.25) is 0 Å². The van der Waals surface area contributed by atoms with Crippen molar-refractivity contribution in [2.24, 2.45) is 5.92 Å². The minimum atomic E-state index is 0.670. The van der Waals surface area contributed by atoms with E-state index in [1.54, 1.807) is 0 Å². The van der Waals surface area contributed by atoms with E-state index in [1.165, 1.54) is 51.0 Å². The van der Waals surface area contributed by atoms with E-state index < -0.39 is 0 Å². The molecule has 1 aromatic rings. The van der Waals surface area contributed by atoms with Gasteiger partial charge in [0.2, 0.25) is 0 Å². The van der Waals surface area contributed by atoms with Gasteiger partial charge in [-0.25, -0.2) is 0 Å². The molecule has 0 bridgehead atoms. The lowest BCUT2D eigenvalue weighted by atomic mass is 9.99. The first-order valence-electron chi connectivity index (χ1n) is 7.79. The van der Waals surface area contributed by atoms with E-state index in [-0.39, 0.29) is 0 Å². The van der Waals surface area contributed by atoms with Crippen LogP contribution >= 0.6 is 0 Å².